The second-order valence-electron chi connectivity index (χ2n) is 7.12. The van der Waals surface area contributed by atoms with Crippen molar-refractivity contribution in [3.05, 3.63) is 18.2 Å². The summed E-state index contributed by atoms with van der Waals surface area (Å²) in [6.45, 7) is 3.84. The van der Waals surface area contributed by atoms with Crippen LogP contribution in [-0.2, 0) is 10.0 Å². The van der Waals surface area contributed by atoms with Gasteiger partial charge in [-0.3, -0.25) is 4.79 Å². The molecule has 1 amide bonds. The monoisotopic (exact) mass is 393 g/mol. The minimum absolute atomic E-state index is 0.0183. The maximum absolute atomic E-state index is 12.9. The summed E-state index contributed by atoms with van der Waals surface area (Å²) in [5.41, 5.74) is 0.381. The van der Waals surface area contributed by atoms with Crippen LogP contribution in [0.2, 0.25) is 0 Å². The lowest BCUT2D eigenvalue weighted by atomic mass is 10.1. The number of nitrogens with zero attached hydrogens (tertiary/aromatic N) is 4. The van der Waals surface area contributed by atoms with E-state index in [4.69, 9.17) is 4.42 Å². The number of rotatable bonds is 4. The third kappa shape index (κ3) is 3.39. The second-order valence-corrected chi connectivity index (χ2v) is 9.01. The lowest BCUT2D eigenvalue weighted by Crippen LogP contribution is -2.41. The van der Waals surface area contributed by atoms with Crippen molar-refractivity contribution in [1.29, 1.82) is 0 Å². The van der Waals surface area contributed by atoms with E-state index < -0.39 is 10.0 Å². The average molecular weight is 393 g/mol. The number of carbonyl (C=O) groups excluding carboxylic acids is 1. The quantitative estimate of drug-likeness (QED) is 0.848. The van der Waals surface area contributed by atoms with Crippen LogP contribution in [-0.4, -0.2) is 64.4 Å². The number of carbonyl (C=O) groups is 1. The summed E-state index contributed by atoms with van der Waals surface area (Å²) in [6.07, 6.45) is 6.15. The highest BCUT2D eigenvalue weighted by atomic mass is 32.2. The van der Waals surface area contributed by atoms with E-state index in [-0.39, 0.29) is 28.6 Å². The zero-order chi connectivity index (χ0) is 19.0. The van der Waals surface area contributed by atoms with Crippen molar-refractivity contribution >= 4 is 15.9 Å². The van der Waals surface area contributed by atoms with Gasteiger partial charge in [0.05, 0.1) is 0 Å². The molecule has 2 aromatic heterocycles. The maximum atomic E-state index is 12.9. The van der Waals surface area contributed by atoms with Gasteiger partial charge in [-0.1, -0.05) is 6.42 Å². The summed E-state index contributed by atoms with van der Waals surface area (Å²) in [5.74, 6) is -0.256. The molecular formula is C17H23N5O4S. The first-order chi connectivity index (χ1) is 13.0. The van der Waals surface area contributed by atoms with E-state index >= 15 is 0 Å². The van der Waals surface area contributed by atoms with Crippen LogP contribution in [0.3, 0.4) is 0 Å². The Kier molecular flexibility index (Phi) is 4.77. The molecular weight excluding hydrogens is 370 g/mol. The first-order valence-corrected chi connectivity index (χ1v) is 10.7. The number of aromatic amines is 1. The topological polar surface area (TPSA) is 112 Å². The van der Waals surface area contributed by atoms with Crippen molar-refractivity contribution < 1.29 is 17.6 Å². The van der Waals surface area contributed by atoms with Gasteiger partial charge >= 0.3 is 11.8 Å². The first-order valence-electron chi connectivity index (χ1n) is 9.30. The number of nitrogens with one attached hydrogen (secondary N) is 1. The molecule has 2 aliphatic heterocycles. The van der Waals surface area contributed by atoms with E-state index in [1.807, 2.05) is 6.92 Å². The molecule has 4 heterocycles. The molecule has 0 aliphatic carbocycles. The number of piperidine rings is 1. The molecule has 27 heavy (non-hydrogen) atoms. The van der Waals surface area contributed by atoms with Crippen LogP contribution in [0.4, 0.5) is 0 Å². The molecule has 2 aromatic rings. The summed E-state index contributed by atoms with van der Waals surface area (Å²) >= 11 is 0. The predicted molar refractivity (Wildman–Crippen MR) is 96.4 cm³/mol. The van der Waals surface area contributed by atoms with Crippen LogP contribution in [0.1, 0.15) is 49.7 Å². The molecule has 0 saturated carbocycles. The van der Waals surface area contributed by atoms with Crippen molar-refractivity contribution in [2.75, 3.05) is 19.6 Å². The highest BCUT2D eigenvalue weighted by molar-refractivity contribution is 7.89. The molecule has 2 aliphatic rings. The van der Waals surface area contributed by atoms with E-state index in [2.05, 4.69) is 15.2 Å². The third-order valence-corrected chi connectivity index (χ3v) is 7.23. The predicted octanol–water partition coefficient (Wildman–Crippen LogP) is 1.86. The molecule has 1 N–H and O–H groups in total. The van der Waals surface area contributed by atoms with Crippen molar-refractivity contribution in [3.63, 3.8) is 0 Å². The van der Waals surface area contributed by atoms with Gasteiger partial charge in [0.15, 0.2) is 0 Å². The Morgan fingerprint density at radius 2 is 1.93 bits per heavy atom. The molecule has 0 aromatic carbocycles. The summed E-state index contributed by atoms with van der Waals surface area (Å²) in [5, 5.41) is 7.72. The van der Waals surface area contributed by atoms with Gasteiger partial charge in [-0.2, -0.15) is 4.31 Å². The molecule has 2 saturated heterocycles. The molecule has 9 nitrogen and oxygen atoms in total. The van der Waals surface area contributed by atoms with Gasteiger partial charge in [-0.25, -0.2) is 8.42 Å². The number of hydrogen-bond acceptors (Lipinski definition) is 6. The molecule has 0 unspecified atom stereocenters. The lowest BCUT2D eigenvalue weighted by molar-refractivity contribution is 0.0754. The standard InChI is InChI=1S/C17H23N5O4S/c1-12-6-2-3-9-22(12)27(24,25)13-10-14(18-11-13)15-19-20-16(26-15)17(23)21-7-4-5-8-21/h10-12,18H,2-9H2,1H3/t12-/m0/s1. The Hall–Kier alpha value is -2.20. The van der Waals surface area contributed by atoms with Crippen LogP contribution < -0.4 is 0 Å². The van der Waals surface area contributed by atoms with E-state index in [9.17, 15) is 13.2 Å². The SMILES string of the molecule is C[C@H]1CCCCN1S(=O)(=O)c1c[nH]c(-c2nnc(C(=O)N3CCCC3)o2)c1. The van der Waals surface area contributed by atoms with Gasteiger partial charge in [-0.05, 0) is 38.7 Å². The average Bonchev–Trinajstić information content (AvgIpc) is 3.42. The minimum atomic E-state index is -3.58. The number of aromatic nitrogens is 3. The number of amides is 1. The minimum Gasteiger partial charge on any atom is -0.411 e. The Morgan fingerprint density at radius 3 is 2.67 bits per heavy atom. The Balaban J connectivity index is 1.55. The smallest absolute Gasteiger partial charge is 0.311 e. The highest BCUT2D eigenvalue weighted by Crippen LogP contribution is 2.28. The fraction of sp³-hybridized carbons (Fsp3) is 0.588. The molecule has 0 bridgehead atoms. The summed E-state index contributed by atoms with van der Waals surface area (Å²) < 4.78 is 32.8. The van der Waals surface area contributed by atoms with E-state index in [0.29, 0.717) is 25.3 Å². The molecule has 10 heteroatoms. The molecule has 2 fully saturated rings. The Labute approximate surface area is 157 Å². The van der Waals surface area contributed by atoms with Gasteiger partial charge in [0.2, 0.25) is 10.0 Å². The second kappa shape index (κ2) is 7.08. The molecule has 1 atom stereocenters. The van der Waals surface area contributed by atoms with Gasteiger partial charge in [-0.15, -0.1) is 10.2 Å². The molecule has 0 spiro atoms. The normalized spacial score (nSPS) is 21.7. The van der Waals surface area contributed by atoms with Crippen LogP contribution in [0.25, 0.3) is 11.6 Å². The Bertz CT molecular complexity index is 929. The van der Waals surface area contributed by atoms with E-state index in [0.717, 1.165) is 32.1 Å². The number of hydrogen-bond donors (Lipinski definition) is 1. The zero-order valence-electron chi connectivity index (χ0n) is 15.2. The lowest BCUT2D eigenvalue weighted by Gasteiger charge is -2.31. The van der Waals surface area contributed by atoms with Gasteiger partial charge in [0, 0.05) is 31.9 Å². The van der Waals surface area contributed by atoms with Gasteiger partial charge in [0.1, 0.15) is 10.6 Å². The Morgan fingerprint density at radius 1 is 1.19 bits per heavy atom. The van der Waals surface area contributed by atoms with Crippen LogP contribution in [0.5, 0.6) is 0 Å². The van der Waals surface area contributed by atoms with Crippen molar-refractivity contribution in [3.8, 4) is 11.6 Å². The van der Waals surface area contributed by atoms with Crippen molar-refractivity contribution in [2.45, 2.75) is 50.0 Å². The van der Waals surface area contributed by atoms with E-state index in [1.165, 1.54) is 12.3 Å². The maximum Gasteiger partial charge on any atom is 0.311 e. The number of likely N-dealkylation sites (tertiary alicyclic amines) is 1. The summed E-state index contributed by atoms with van der Waals surface area (Å²) in [4.78, 5) is 17.0. The largest absolute Gasteiger partial charge is 0.411 e. The van der Waals surface area contributed by atoms with E-state index in [1.54, 1.807) is 9.21 Å². The van der Waals surface area contributed by atoms with Gasteiger partial charge in [0.25, 0.3) is 5.89 Å². The molecule has 0 radical (unpaired) electrons. The van der Waals surface area contributed by atoms with Crippen LogP contribution in [0.15, 0.2) is 21.6 Å². The fourth-order valence-electron chi connectivity index (χ4n) is 3.69. The highest BCUT2D eigenvalue weighted by Gasteiger charge is 2.32. The molecule has 146 valence electrons. The third-order valence-electron chi connectivity index (χ3n) is 5.24. The fourth-order valence-corrected chi connectivity index (χ4v) is 5.38. The summed E-state index contributed by atoms with van der Waals surface area (Å²) in [7, 11) is -3.58. The molecule has 4 rings (SSSR count). The van der Waals surface area contributed by atoms with Crippen molar-refractivity contribution in [1.82, 2.24) is 24.4 Å². The van der Waals surface area contributed by atoms with Crippen LogP contribution >= 0.6 is 0 Å². The van der Waals surface area contributed by atoms with Crippen molar-refractivity contribution in [2.24, 2.45) is 0 Å². The number of sulfonamides is 1. The summed E-state index contributed by atoms with van der Waals surface area (Å²) in [6, 6.07) is 1.46. The van der Waals surface area contributed by atoms with Gasteiger partial charge < -0.3 is 14.3 Å². The number of H-pyrrole nitrogens is 1. The zero-order valence-corrected chi connectivity index (χ0v) is 16.0. The van der Waals surface area contributed by atoms with Crippen LogP contribution in [0, 0.1) is 0 Å². The first kappa shape index (κ1) is 18.2.